The first kappa shape index (κ1) is 11.3. The molecule has 0 amide bonds. The molecule has 3 heteroatoms. The van der Waals surface area contributed by atoms with Crippen LogP contribution in [-0.4, -0.2) is 19.8 Å². The fourth-order valence-electron chi connectivity index (χ4n) is 2.14. The number of rotatable bonds is 3. The molecule has 1 aromatic rings. The Labute approximate surface area is 96.5 Å². The van der Waals surface area contributed by atoms with Gasteiger partial charge in [-0.15, -0.1) is 0 Å². The molecule has 1 unspecified atom stereocenters. The van der Waals surface area contributed by atoms with Crippen molar-refractivity contribution in [1.82, 2.24) is 0 Å². The van der Waals surface area contributed by atoms with Crippen molar-refractivity contribution in [2.75, 3.05) is 19.8 Å². The summed E-state index contributed by atoms with van der Waals surface area (Å²) in [4.78, 5) is 0. The molecular weight excluding hydrogens is 202 g/mol. The lowest BCUT2D eigenvalue weighted by molar-refractivity contribution is 0.171. The van der Waals surface area contributed by atoms with Gasteiger partial charge < -0.3 is 15.2 Å². The molecule has 0 radical (unpaired) electrons. The molecule has 1 aromatic carbocycles. The van der Waals surface area contributed by atoms with Crippen LogP contribution < -0.4 is 15.2 Å². The van der Waals surface area contributed by atoms with Crippen LogP contribution in [0.15, 0.2) is 12.1 Å². The monoisotopic (exact) mass is 221 g/mol. The lowest BCUT2D eigenvalue weighted by Gasteiger charge is -2.22. The minimum atomic E-state index is 0.473. The van der Waals surface area contributed by atoms with Crippen LogP contribution in [0.3, 0.4) is 0 Å². The highest BCUT2D eigenvalue weighted by atomic mass is 16.6. The summed E-state index contributed by atoms with van der Waals surface area (Å²) in [5, 5.41) is 0. The van der Waals surface area contributed by atoms with Crippen molar-refractivity contribution >= 4 is 0 Å². The van der Waals surface area contributed by atoms with Gasteiger partial charge in [-0.2, -0.15) is 0 Å². The van der Waals surface area contributed by atoms with Crippen LogP contribution >= 0.6 is 0 Å². The third-order valence-electron chi connectivity index (χ3n) is 3.06. The summed E-state index contributed by atoms with van der Waals surface area (Å²) in [6, 6.07) is 4.17. The molecule has 3 nitrogen and oxygen atoms in total. The average Bonchev–Trinajstić information content (AvgIpc) is 2.28. The maximum atomic E-state index is 5.60. The summed E-state index contributed by atoms with van der Waals surface area (Å²) in [7, 11) is 0. The van der Waals surface area contributed by atoms with E-state index < -0.39 is 0 Å². The molecule has 0 aromatic heterocycles. The van der Waals surface area contributed by atoms with E-state index in [1.165, 1.54) is 11.1 Å². The Kier molecular flexibility index (Phi) is 3.34. The molecule has 0 aliphatic carbocycles. The van der Waals surface area contributed by atoms with E-state index in [1.807, 2.05) is 0 Å². The summed E-state index contributed by atoms with van der Waals surface area (Å²) in [5.74, 6) is 2.21. The molecule has 1 aliphatic heterocycles. The number of hydrogen-bond donors (Lipinski definition) is 1. The third kappa shape index (κ3) is 2.14. The van der Waals surface area contributed by atoms with Gasteiger partial charge in [0.1, 0.15) is 13.2 Å². The van der Waals surface area contributed by atoms with E-state index >= 15 is 0 Å². The molecule has 0 saturated heterocycles. The van der Waals surface area contributed by atoms with Gasteiger partial charge in [0.25, 0.3) is 0 Å². The predicted octanol–water partition coefficient (Wildman–Crippen LogP) is 2.22. The molecule has 2 rings (SSSR count). The molecule has 1 heterocycles. The quantitative estimate of drug-likeness (QED) is 0.851. The second-order valence-corrected chi connectivity index (χ2v) is 4.33. The van der Waals surface area contributed by atoms with Crippen molar-refractivity contribution < 1.29 is 9.47 Å². The van der Waals surface area contributed by atoms with Gasteiger partial charge >= 0.3 is 0 Å². The van der Waals surface area contributed by atoms with E-state index in [2.05, 4.69) is 26.0 Å². The number of aryl methyl sites for hydroxylation is 1. The van der Waals surface area contributed by atoms with Crippen molar-refractivity contribution in [1.29, 1.82) is 0 Å². The Morgan fingerprint density at radius 2 is 1.88 bits per heavy atom. The summed E-state index contributed by atoms with van der Waals surface area (Å²) < 4.78 is 11.1. The van der Waals surface area contributed by atoms with Gasteiger partial charge in [-0.3, -0.25) is 0 Å². The third-order valence-corrected chi connectivity index (χ3v) is 3.06. The topological polar surface area (TPSA) is 44.5 Å². The Morgan fingerprint density at radius 1 is 1.25 bits per heavy atom. The Hall–Kier alpha value is -1.22. The van der Waals surface area contributed by atoms with E-state index in [0.29, 0.717) is 19.1 Å². The molecule has 0 spiro atoms. The van der Waals surface area contributed by atoms with Gasteiger partial charge in [0.05, 0.1) is 0 Å². The van der Waals surface area contributed by atoms with E-state index in [9.17, 15) is 0 Å². The van der Waals surface area contributed by atoms with Crippen LogP contribution in [-0.2, 0) is 0 Å². The van der Waals surface area contributed by atoms with Crippen LogP contribution in [0.25, 0.3) is 0 Å². The Morgan fingerprint density at radius 3 is 2.50 bits per heavy atom. The maximum absolute atomic E-state index is 5.60. The van der Waals surface area contributed by atoms with Crippen molar-refractivity contribution in [3.8, 4) is 11.5 Å². The standard InChI is InChI=1S/C13H19NO2/c1-9(3-4-14)11-8-13-12(7-10(11)2)15-5-6-16-13/h7-9H,3-6,14H2,1-2H3. The molecule has 1 aliphatic rings. The van der Waals surface area contributed by atoms with E-state index in [-0.39, 0.29) is 0 Å². The molecular formula is C13H19NO2. The van der Waals surface area contributed by atoms with Crippen LogP contribution in [0.4, 0.5) is 0 Å². The van der Waals surface area contributed by atoms with Gasteiger partial charge in [0, 0.05) is 0 Å². The van der Waals surface area contributed by atoms with Crippen molar-refractivity contribution in [2.45, 2.75) is 26.2 Å². The zero-order chi connectivity index (χ0) is 11.5. The molecule has 2 N–H and O–H groups in total. The van der Waals surface area contributed by atoms with E-state index in [0.717, 1.165) is 24.5 Å². The Bertz CT molecular complexity index is 376. The second kappa shape index (κ2) is 4.74. The summed E-state index contributed by atoms with van der Waals surface area (Å²) in [6.07, 6.45) is 1.00. The van der Waals surface area contributed by atoms with Crippen LogP contribution in [0, 0.1) is 6.92 Å². The number of nitrogens with two attached hydrogens (primary N) is 1. The molecule has 0 bridgehead atoms. The highest BCUT2D eigenvalue weighted by Crippen LogP contribution is 2.36. The largest absolute Gasteiger partial charge is 0.486 e. The highest BCUT2D eigenvalue weighted by Gasteiger charge is 2.16. The van der Waals surface area contributed by atoms with Gasteiger partial charge in [-0.05, 0) is 49.1 Å². The minimum Gasteiger partial charge on any atom is -0.486 e. The highest BCUT2D eigenvalue weighted by molar-refractivity contribution is 5.48. The number of benzene rings is 1. The van der Waals surface area contributed by atoms with Crippen LogP contribution in [0.2, 0.25) is 0 Å². The first-order valence-electron chi connectivity index (χ1n) is 5.82. The zero-order valence-electron chi connectivity index (χ0n) is 9.95. The smallest absolute Gasteiger partial charge is 0.161 e. The first-order valence-corrected chi connectivity index (χ1v) is 5.82. The summed E-state index contributed by atoms with van der Waals surface area (Å²) >= 11 is 0. The SMILES string of the molecule is Cc1cc2c(cc1C(C)CCN)OCCO2. The van der Waals surface area contributed by atoms with Gasteiger partial charge in [0.15, 0.2) is 11.5 Å². The lowest BCUT2D eigenvalue weighted by atomic mass is 9.93. The van der Waals surface area contributed by atoms with Crippen LogP contribution in [0.5, 0.6) is 11.5 Å². The molecule has 16 heavy (non-hydrogen) atoms. The summed E-state index contributed by atoms with van der Waals surface area (Å²) in [5.41, 5.74) is 8.17. The molecule has 0 saturated carbocycles. The lowest BCUT2D eigenvalue weighted by Crippen LogP contribution is -2.16. The van der Waals surface area contributed by atoms with Crippen LogP contribution in [0.1, 0.15) is 30.4 Å². The van der Waals surface area contributed by atoms with Gasteiger partial charge in [-0.1, -0.05) is 6.92 Å². The summed E-state index contributed by atoms with van der Waals surface area (Å²) in [6.45, 7) is 6.31. The van der Waals surface area contributed by atoms with Crippen molar-refractivity contribution in [3.63, 3.8) is 0 Å². The molecule has 88 valence electrons. The molecule has 1 atom stereocenters. The Balaban J connectivity index is 2.31. The molecule has 0 fully saturated rings. The van der Waals surface area contributed by atoms with Gasteiger partial charge in [-0.25, -0.2) is 0 Å². The average molecular weight is 221 g/mol. The maximum Gasteiger partial charge on any atom is 0.161 e. The predicted molar refractivity (Wildman–Crippen MR) is 64.3 cm³/mol. The fraction of sp³-hybridized carbons (Fsp3) is 0.538. The number of hydrogen-bond acceptors (Lipinski definition) is 3. The fourth-order valence-corrected chi connectivity index (χ4v) is 2.14. The van der Waals surface area contributed by atoms with E-state index in [1.54, 1.807) is 0 Å². The van der Waals surface area contributed by atoms with Gasteiger partial charge in [0.2, 0.25) is 0 Å². The zero-order valence-corrected chi connectivity index (χ0v) is 9.95. The second-order valence-electron chi connectivity index (χ2n) is 4.33. The number of fused-ring (bicyclic) bond motifs is 1. The van der Waals surface area contributed by atoms with Crippen molar-refractivity contribution in [3.05, 3.63) is 23.3 Å². The van der Waals surface area contributed by atoms with Crippen molar-refractivity contribution in [2.24, 2.45) is 5.73 Å². The minimum absolute atomic E-state index is 0.473. The normalized spacial score (nSPS) is 15.9. The van der Waals surface area contributed by atoms with E-state index in [4.69, 9.17) is 15.2 Å². The first-order chi connectivity index (χ1) is 7.72. The number of ether oxygens (including phenoxy) is 2.